The van der Waals surface area contributed by atoms with Gasteiger partial charge in [-0.2, -0.15) is 0 Å². The molecule has 0 radical (unpaired) electrons. The summed E-state index contributed by atoms with van der Waals surface area (Å²) in [6.45, 7) is 0.286. The van der Waals surface area contributed by atoms with Crippen LogP contribution in [-0.2, 0) is 0 Å². The van der Waals surface area contributed by atoms with Crippen molar-refractivity contribution in [2.75, 3.05) is 18.6 Å². The molecule has 0 aliphatic heterocycles. The van der Waals surface area contributed by atoms with Crippen LogP contribution in [0.15, 0.2) is 18.2 Å². The monoisotopic (exact) mass is 311 g/mol. The summed E-state index contributed by atoms with van der Waals surface area (Å²) in [7, 11) is 0. The fraction of sp³-hybridized carbons (Fsp3) is 0.533. The first-order valence-corrected chi connectivity index (χ1v) is 7.73. The number of amides is 1. The highest BCUT2D eigenvalue weighted by Crippen LogP contribution is 2.27. The van der Waals surface area contributed by atoms with Crippen LogP contribution in [0.5, 0.6) is 0 Å². The summed E-state index contributed by atoms with van der Waals surface area (Å²) >= 11 is 6.00. The van der Waals surface area contributed by atoms with E-state index in [1.54, 1.807) is 23.1 Å². The van der Waals surface area contributed by atoms with Crippen molar-refractivity contribution < 1.29 is 9.90 Å². The Morgan fingerprint density at radius 2 is 2.10 bits per heavy atom. The number of anilines is 1. The number of aliphatic hydroxyl groups excluding tert-OH is 1. The van der Waals surface area contributed by atoms with E-state index < -0.39 is 0 Å². The van der Waals surface area contributed by atoms with Gasteiger partial charge in [0, 0.05) is 17.6 Å². The fourth-order valence-electron chi connectivity index (χ4n) is 2.92. The molecule has 0 unspecified atom stereocenters. The Hall–Kier alpha value is -1.30. The van der Waals surface area contributed by atoms with Crippen molar-refractivity contribution >= 4 is 23.2 Å². The number of rotatable bonds is 5. The van der Waals surface area contributed by atoms with E-state index in [0.29, 0.717) is 22.8 Å². The molecule has 1 aromatic rings. The molecule has 0 spiro atoms. The van der Waals surface area contributed by atoms with Gasteiger partial charge in [0.15, 0.2) is 0 Å². The fourth-order valence-corrected chi connectivity index (χ4v) is 3.10. The average Bonchev–Trinajstić information content (AvgIpc) is 2.52. The molecule has 0 heterocycles. The highest BCUT2D eigenvalue weighted by molar-refractivity contribution is 6.31. The number of nitrogens with one attached hydrogen (secondary N) is 1. The number of carbonyl (C=O) groups is 1. The SMILES string of the molecule is NNc1ccc(Cl)cc1C(=O)N(CCO)C1CCCCC1. The average molecular weight is 312 g/mol. The van der Waals surface area contributed by atoms with Crippen LogP contribution in [0.2, 0.25) is 5.02 Å². The Balaban J connectivity index is 2.27. The maximum atomic E-state index is 12.8. The summed E-state index contributed by atoms with van der Waals surface area (Å²) in [5, 5.41) is 9.77. The quantitative estimate of drug-likeness (QED) is 0.576. The zero-order valence-electron chi connectivity index (χ0n) is 12.0. The van der Waals surface area contributed by atoms with E-state index in [9.17, 15) is 9.90 Å². The van der Waals surface area contributed by atoms with E-state index in [2.05, 4.69) is 5.43 Å². The van der Waals surface area contributed by atoms with E-state index in [0.717, 1.165) is 25.7 Å². The van der Waals surface area contributed by atoms with Gasteiger partial charge in [-0.3, -0.25) is 10.6 Å². The minimum Gasteiger partial charge on any atom is -0.395 e. The van der Waals surface area contributed by atoms with E-state index in [4.69, 9.17) is 17.4 Å². The lowest BCUT2D eigenvalue weighted by Gasteiger charge is -2.34. The van der Waals surface area contributed by atoms with Gasteiger partial charge in [-0.15, -0.1) is 0 Å². The van der Waals surface area contributed by atoms with Crippen molar-refractivity contribution in [3.05, 3.63) is 28.8 Å². The smallest absolute Gasteiger partial charge is 0.256 e. The van der Waals surface area contributed by atoms with Crippen molar-refractivity contribution in [1.29, 1.82) is 0 Å². The van der Waals surface area contributed by atoms with Crippen LogP contribution >= 0.6 is 11.6 Å². The molecule has 1 saturated carbocycles. The minimum atomic E-state index is -0.133. The third-order valence-corrected chi connectivity index (χ3v) is 4.22. The molecule has 0 saturated heterocycles. The molecular weight excluding hydrogens is 290 g/mol. The Labute approximate surface area is 130 Å². The third-order valence-electron chi connectivity index (χ3n) is 3.98. The summed E-state index contributed by atoms with van der Waals surface area (Å²) in [6.07, 6.45) is 5.43. The first-order valence-electron chi connectivity index (χ1n) is 7.35. The first-order chi connectivity index (χ1) is 10.2. The zero-order chi connectivity index (χ0) is 15.2. The number of hydrogen-bond donors (Lipinski definition) is 3. The van der Waals surface area contributed by atoms with Gasteiger partial charge >= 0.3 is 0 Å². The summed E-state index contributed by atoms with van der Waals surface area (Å²) < 4.78 is 0. The van der Waals surface area contributed by atoms with Crippen LogP contribution < -0.4 is 11.3 Å². The number of nitrogens with zero attached hydrogens (tertiary/aromatic N) is 1. The maximum Gasteiger partial charge on any atom is 0.256 e. The largest absolute Gasteiger partial charge is 0.395 e. The predicted octanol–water partition coefficient (Wildman–Crippen LogP) is 2.39. The molecule has 6 heteroatoms. The molecule has 1 aromatic carbocycles. The van der Waals surface area contributed by atoms with Crippen LogP contribution in [0.4, 0.5) is 5.69 Å². The van der Waals surface area contributed by atoms with Gasteiger partial charge in [0.25, 0.3) is 5.91 Å². The van der Waals surface area contributed by atoms with Crippen molar-refractivity contribution in [1.82, 2.24) is 4.90 Å². The Morgan fingerprint density at radius 1 is 1.38 bits per heavy atom. The maximum absolute atomic E-state index is 12.8. The van der Waals surface area contributed by atoms with E-state index in [1.165, 1.54) is 6.42 Å². The molecule has 0 atom stereocenters. The van der Waals surface area contributed by atoms with Gasteiger partial charge in [-0.05, 0) is 31.0 Å². The minimum absolute atomic E-state index is 0.0474. The van der Waals surface area contributed by atoms with Crippen molar-refractivity contribution in [3.8, 4) is 0 Å². The van der Waals surface area contributed by atoms with E-state index in [1.807, 2.05) is 0 Å². The zero-order valence-corrected chi connectivity index (χ0v) is 12.8. The number of nitrogens with two attached hydrogens (primary N) is 1. The molecule has 4 N–H and O–H groups in total. The Bertz CT molecular complexity index is 490. The molecule has 21 heavy (non-hydrogen) atoms. The highest BCUT2D eigenvalue weighted by Gasteiger charge is 2.27. The second kappa shape index (κ2) is 7.64. The molecule has 2 rings (SSSR count). The molecule has 5 nitrogen and oxygen atoms in total. The highest BCUT2D eigenvalue weighted by atomic mass is 35.5. The summed E-state index contributed by atoms with van der Waals surface area (Å²) in [4.78, 5) is 14.6. The Morgan fingerprint density at radius 3 is 2.71 bits per heavy atom. The normalized spacial score (nSPS) is 15.8. The predicted molar refractivity (Wildman–Crippen MR) is 84.3 cm³/mol. The molecule has 0 bridgehead atoms. The van der Waals surface area contributed by atoms with Crippen LogP contribution in [0.25, 0.3) is 0 Å². The van der Waals surface area contributed by atoms with Crippen molar-refractivity contribution in [2.45, 2.75) is 38.1 Å². The van der Waals surface area contributed by atoms with Crippen molar-refractivity contribution in [2.24, 2.45) is 5.84 Å². The molecule has 1 fully saturated rings. The molecular formula is C15H22ClN3O2. The number of hydrogen-bond acceptors (Lipinski definition) is 4. The molecule has 1 aliphatic carbocycles. The standard InChI is InChI=1S/C15H22ClN3O2/c16-11-6-7-14(18-17)13(10-11)15(21)19(8-9-20)12-4-2-1-3-5-12/h6-7,10,12,18,20H,1-5,8-9,17H2. The van der Waals surface area contributed by atoms with Crippen LogP contribution in [-0.4, -0.2) is 35.1 Å². The number of hydrazine groups is 1. The number of carbonyl (C=O) groups excluding carboxylic acids is 1. The van der Waals surface area contributed by atoms with E-state index in [-0.39, 0.29) is 18.6 Å². The van der Waals surface area contributed by atoms with Crippen molar-refractivity contribution in [3.63, 3.8) is 0 Å². The van der Waals surface area contributed by atoms with Gasteiger partial charge in [-0.1, -0.05) is 30.9 Å². The molecule has 0 aromatic heterocycles. The summed E-state index contributed by atoms with van der Waals surface area (Å²) in [6, 6.07) is 5.17. The van der Waals surface area contributed by atoms with E-state index >= 15 is 0 Å². The van der Waals surface area contributed by atoms with Crippen LogP contribution in [0.1, 0.15) is 42.5 Å². The summed E-state index contributed by atoms with van der Waals surface area (Å²) in [5.41, 5.74) is 3.53. The number of aliphatic hydroxyl groups is 1. The topological polar surface area (TPSA) is 78.6 Å². The second-order valence-corrected chi connectivity index (χ2v) is 5.78. The molecule has 1 aliphatic rings. The summed E-state index contributed by atoms with van der Waals surface area (Å²) in [5.74, 6) is 5.34. The van der Waals surface area contributed by atoms with Gasteiger partial charge < -0.3 is 15.4 Å². The lowest BCUT2D eigenvalue weighted by molar-refractivity contribution is 0.0586. The van der Waals surface area contributed by atoms with Crippen LogP contribution in [0.3, 0.4) is 0 Å². The number of benzene rings is 1. The molecule has 116 valence electrons. The Kier molecular flexibility index (Phi) is 5.85. The van der Waals surface area contributed by atoms with Gasteiger partial charge in [0.2, 0.25) is 0 Å². The van der Waals surface area contributed by atoms with Gasteiger partial charge in [-0.25, -0.2) is 0 Å². The molecule has 1 amide bonds. The second-order valence-electron chi connectivity index (χ2n) is 5.35. The first kappa shape index (κ1) is 16.1. The van der Waals surface area contributed by atoms with Crippen LogP contribution in [0, 0.1) is 0 Å². The number of halogens is 1. The van der Waals surface area contributed by atoms with Gasteiger partial charge in [0.05, 0.1) is 17.9 Å². The van der Waals surface area contributed by atoms with Gasteiger partial charge in [0.1, 0.15) is 0 Å². The lowest BCUT2D eigenvalue weighted by Crippen LogP contribution is -2.43. The third kappa shape index (κ3) is 3.87. The lowest BCUT2D eigenvalue weighted by atomic mass is 9.93. The number of nitrogen functional groups attached to an aromatic ring is 1.